The minimum Gasteiger partial charge on any atom is -0.347 e. The van der Waals surface area contributed by atoms with Gasteiger partial charge in [-0.3, -0.25) is 0 Å². The first-order chi connectivity index (χ1) is 2.77. The van der Waals surface area contributed by atoms with Crippen molar-refractivity contribution in [2.75, 3.05) is 0 Å². The molecule has 0 spiro atoms. The Morgan fingerprint density at radius 1 is 1.50 bits per heavy atom. The monoisotopic (exact) mass is 106 g/mol. The second-order valence-electron chi connectivity index (χ2n) is 0.803. The minimum atomic E-state index is -1.78. The molecule has 0 radical (unpaired) electrons. The quantitative estimate of drug-likeness (QED) is 0.486. The van der Waals surface area contributed by atoms with Gasteiger partial charge in [-0.2, -0.15) is 0 Å². The summed E-state index contributed by atoms with van der Waals surface area (Å²) in [4.78, 5) is 16.2. The van der Waals surface area contributed by atoms with E-state index in [4.69, 9.17) is 9.79 Å². The average Bonchev–Trinajstić information content (AvgIpc) is 1.35. The molecule has 0 rings (SSSR count). The molecule has 0 aromatic rings. The summed E-state index contributed by atoms with van der Waals surface area (Å²) < 4.78 is 0. The van der Waals surface area contributed by atoms with Gasteiger partial charge >= 0.3 is 0 Å². The maximum atomic E-state index is 8.09. The van der Waals surface area contributed by atoms with Crippen molar-refractivity contribution in [3.63, 3.8) is 0 Å². The first-order valence-electron chi connectivity index (χ1n) is 1.57. The van der Waals surface area contributed by atoms with Gasteiger partial charge in [0.1, 0.15) is 0 Å². The average molecular weight is 106 g/mol. The topological polar surface area (TPSA) is 40.5 Å². The van der Waals surface area contributed by atoms with E-state index in [-0.39, 0.29) is 0 Å². The van der Waals surface area contributed by atoms with E-state index in [1.807, 2.05) is 0 Å². The van der Waals surface area contributed by atoms with Crippen LogP contribution in [-0.2, 0) is 0 Å². The number of hydrogen-bond acceptors (Lipinski definition) is 2. The summed E-state index contributed by atoms with van der Waals surface area (Å²) in [5.74, 6) is 1.34. The van der Waals surface area contributed by atoms with Crippen LogP contribution in [0.3, 0.4) is 0 Å². The van der Waals surface area contributed by atoms with Crippen molar-refractivity contribution in [2.24, 2.45) is 0 Å². The lowest BCUT2D eigenvalue weighted by atomic mass is 10.8. The molecule has 0 aliphatic rings. The third-order valence-corrected chi connectivity index (χ3v) is 0.847. The first-order valence-corrected chi connectivity index (χ1v) is 2.89. The molecule has 6 heavy (non-hydrogen) atoms. The summed E-state index contributed by atoms with van der Waals surface area (Å²) >= 11 is 0. The fourth-order valence-corrected chi connectivity index (χ4v) is 0.400. The van der Waals surface area contributed by atoms with Gasteiger partial charge in [-0.1, -0.05) is 6.08 Å². The van der Waals surface area contributed by atoms with E-state index < -0.39 is 8.38 Å². The van der Waals surface area contributed by atoms with Gasteiger partial charge in [0.2, 0.25) is 0 Å². The molecule has 2 N–H and O–H groups in total. The summed E-state index contributed by atoms with van der Waals surface area (Å²) in [6.07, 6.45) is 1.60. The van der Waals surface area contributed by atoms with Crippen molar-refractivity contribution in [2.45, 2.75) is 6.92 Å². The van der Waals surface area contributed by atoms with Crippen LogP contribution in [-0.4, -0.2) is 9.79 Å². The molecule has 0 aromatic heterocycles. The largest absolute Gasteiger partial charge is 0.347 e. The van der Waals surface area contributed by atoms with E-state index in [1.54, 1.807) is 13.0 Å². The van der Waals surface area contributed by atoms with Crippen molar-refractivity contribution in [3.8, 4) is 0 Å². The smallest absolute Gasteiger partial charge is 0.191 e. The highest BCUT2D eigenvalue weighted by Gasteiger charge is 1.81. The molecule has 0 heterocycles. The number of allylic oxidation sites excluding steroid dienone is 1. The summed E-state index contributed by atoms with van der Waals surface area (Å²) in [5.41, 5.74) is 0. The van der Waals surface area contributed by atoms with E-state index in [2.05, 4.69) is 0 Å². The molecule has 0 aliphatic carbocycles. The summed E-state index contributed by atoms with van der Waals surface area (Å²) in [6, 6.07) is 0. The fraction of sp³-hybridized carbons (Fsp3) is 0.333. The van der Waals surface area contributed by atoms with Gasteiger partial charge in [0, 0.05) is 0 Å². The molecule has 3 heteroatoms. The van der Waals surface area contributed by atoms with Crippen LogP contribution in [0.25, 0.3) is 0 Å². The van der Waals surface area contributed by atoms with Crippen molar-refractivity contribution in [3.05, 3.63) is 11.9 Å². The Balaban J connectivity index is 3.03. The van der Waals surface area contributed by atoms with Gasteiger partial charge in [-0.15, -0.1) is 0 Å². The zero-order chi connectivity index (χ0) is 4.99. The van der Waals surface area contributed by atoms with Crippen LogP contribution in [0, 0.1) is 0 Å². The summed E-state index contributed by atoms with van der Waals surface area (Å²) in [6.45, 7) is 1.74. The van der Waals surface area contributed by atoms with Crippen LogP contribution in [0.1, 0.15) is 6.92 Å². The summed E-state index contributed by atoms with van der Waals surface area (Å²) in [7, 11) is -1.78. The molecule has 0 atom stereocenters. The van der Waals surface area contributed by atoms with Crippen LogP contribution >= 0.6 is 8.38 Å². The van der Waals surface area contributed by atoms with E-state index in [9.17, 15) is 0 Å². The molecule has 0 saturated heterocycles. The van der Waals surface area contributed by atoms with Crippen molar-refractivity contribution < 1.29 is 9.79 Å². The highest BCUT2D eigenvalue weighted by Crippen LogP contribution is 2.23. The molecule has 0 aromatic carbocycles. The molecular formula is C3H7O2P. The predicted molar refractivity (Wildman–Crippen MR) is 26.2 cm³/mol. The van der Waals surface area contributed by atoms with Gasteiger partial charge in [-0.25, -0.2) is 0 Å². The third-order valence-electron chi connectivity index (χ3n) is 0.282. The maximum Gasteiger partial charge on any atom is 0.191 e. The van der Waals surface area contributed by atoms with Gasteiger partial charge < -0.3 is 9.79 Å². The summed E-state index contributed by atoms with van der Waals surface area (Å²) in [5, 5.41) is 0. The van der Waals surface area contributed by atoms with Gasteiger partial charge in [0.05, 0.1) is 0 Å². The van der Waals surface area contributed by atoms with Crippen LogP contribution in [0.2, 0.25) is 0 Å². The maximum absolute atomic E-state index is 8.09. The Bertz CT molecular complexity index is 50.8. The van der Waals surface area contributed by atoms with Crippen molar-refractivity contribution in [1.82, 2.24) is 0 Å². The Labute approximate surface area is 38.0 Å². The standard InChI is InChI=1S/C3H7O2P/c1-2-3-6(4)5/h2-5H,1H3/b3-2+. The fourth-order valence-electron chi connectivity index (χ4n) is 0.133. The van der Waals surface area contributed by atoms with Crippen molar-refractivity contribution >= 4 is 8.38 Å². The van der Waals surface area contributed by atoms with E-state index >= 15 is 0 Å². The Morgan fingerprint density at radius 2 is 2.00 bits per heavy atom. The van der Waals surface area contributed by atoms with Crippen LogP contribution in [0.15, 0.2) is 11.9 Å². The molecular weight excluding hydrogens is 99.0 g/mol. The van der Waals surface area contributed by atoms with Gasteiger partial charge in [0.15, 0.2) is 8.38 Å². The van der Waals surface area contributed by atoms with Crippen molar-refractivity contribution in [1.29, 1.82) is 0 Å². The lowest BCUT2D eigenvalue weighted by Gasteiger charge is -1.85. The molecule has 0 aliphatic heterocycles. The van der Waals surface area contributed by atoms with Crippen LogP contribution < -0.4 is 0 Å². The predicted octanol–water partition coefficient (Wildman–Crippen LogP) is 0.817. The Hall–Kier alpha value is 0.0900. The normalized spacial score (nSPS) is 11.3. The molecule has 0 bridgehead atoms. The molecule has 0 unspecified atom stereocenters. The van der Waals surface area contributed by atoms with Gasteiger partial charge in [0.25, 0.3) is 0 Å². The Morgan fingerprint density at radius 3 is 2.00 bits per heavy atom. The van der Waals surface area contributed by atoms with E-state index in [0.29, 0.717) is 0 Å². The van der Waals surface area contributed by atoms with E-state index in [1.165, 1.54) is 5.82 Å². The first kappa shape index (κ1) is 6.09. The lowest BCUT2D eigenvalue weighted by Crippen LogP contribution is -1.54. The zero-order valence-electron chi connectivity index (χ0n) is 3.50. The van der Waals surface area contributed by atoms with E-state index in [0.717, 1.165) is 0 Å². The second kappa shape index (κ2) is 3.29. The SMILES string of the molecule is C/C=C/P(O)O. The van der Waals surface area contributed by atoms with Gasteiger partial charge in [-0.05, 0) is 12.7 Å². The lowest BCUT2D eigenvalue weighted by molar-refractivity contribution is 0.496. The highest BCUT2D eigenvalue weighted by atomic mass is 31.2. The minimum absolute atomic E-state index is 1.34. The molecule has 0 amide bonds. The third kappa shape index (κ3) is 4.09. The highest BCUT2D eigenvalue weighted by molar-refractivity contribution is 7.48. The second-order valence-corrected chi connectivity index (χ2v) is 1.74. The van der Waals surface area contributed by atoms with Crippen LogP contribution in [0.4, 0.5) is 0 Å². The number of rotatable bonds is 1. The molecule has 0 saturated carbocycles. The molecule has 36 valence electrons. The molecule has 2 nitrogen and oxygen atoms in total. The van der Waals surface area contributed by atoms with Crippen LogP contribution in [0.5, 0.6) is 0 Å². The molecule has 0 fully saturated rings. The Kier molecular flexibility index (Phi) is 3.34. The zero-order valence-corrected chi connectivity index (χ0v) is 4.39. The number of hydrogen-bond donors (Lipinski definition) is 2.